The standard InChI is InChI=1S/C17H15BrFN3O2S/c18-11-9-14(25-10-11)16-20-17(24-21-16)15(22-5-7-23-8-6-22)12-3-1-2-4-13(12)19/h1-4,9-10,15H,5-8H2/t15-/m1/s1. The van der Waals surface area contributed by atoms with E-state index in [2.05, 4.69) is 31.0 Å². The molecule has 1 atom stereocenters. The van der Waals surface area contributed by atoms with E-state index in [4.69, 9.17) is 9.26 Å². The van der Waals surface area contributed by atoms with Crippen molar-refractivity contribution in [2.45, 2.75) is 6.04 Å². The van der Waals surface area contributed by atoms with Crippen LogP contribution in [0.5, 0.6) is 0 Å². The zero-order chi connectivity index (χ0) is 17.2. The van der Waals surface area contributed by atoms with Crippen molar-refractivity contribution in [1.82, 2.24) is 15.0 Å². The Hall–Kier alpha value is -1.61. The lowest BCUT2D eigenvalue weighted by Crippen LogP contribution is -2.40. The van der Waals surface area contributed by atoms with Crippen LogP contribution in [0.4, 0.5) is 4.39 Å². The molecule has 1 aromatic carbocycles. The van der Waals surface area contributed by atoms with Crippen molar-refractivity contribution >= 4 is 27.3 Å². The first kappa shape index (κ1) is 16.8. The van der Waals surface area contributed by atoms with Crippen molar-refractivity contribution in [3.05, 3.63) is 57.5 Å². The second-order valence-electron chi connectivity index (χ2n) is 5.66. The fraction of sp³-hybridized carbons (Fsp3) is 0.294. The Morgan fingerprint density at radius 2 is 2.04 bits per heavy atom. The van der Waals surface area contributed by atoms with Gasteiger partial charge in [0.25, 0.3) is 0 Å². The molecular weight excluding hydrogens is 409 g/mol. The predicted octanol–water partition coefficient (Wildman–Crippen LogP) is 4.12. The number of ether oxygens (including phenoxy) is 1. The van der Waals surface area contributed by atoms with E-state index in [1.165, 1.54) is 17.4 Å². The van der Waals surface area contributed by atoms with Crippen LogP contribution in [0.3, 0.4) is 0 Å². The molecule has 0 bridgehead atoms. The van der Waals surface area contributed by atoms with Crippen molar-refractivity contribution in [2.75, 3.05) is 26.3 Å². The van der Waals surface area contributed by atoms with Crippen molar-refractivity contribution in [3.63, 3.8) is 0 Å². The van der Waals surface area contributed by atoms with Crippen LogP contribution in [0.15, 0.2) is 44.7 Å². The van der Waals surface area contributed by atoms with Crippen molar-refractivity contribution in [3.8, 4) is 10.7 Å². The first-order chi connectivity index (χ1) is 12.2. The number of nitrogens with zero attached hydrogens (tertiary/aromatic N) is 3. The van der Waals surface area contributed by atoms with Crippen LogP contribution in [0.1, 0.15) is 17.5 Å². The fourth-order valence-electron chi connectivity index (χ4n) is 2.90. The molecule has 0 amide bonds. The SMILES string of the molecule is Fc1ccccc1[C@H](c1nc(-c2cc(Br)cs2)no1)N1CCOCC1. The highest BCUT2D eigenvalue weighted by atomic mass is 79.9. The molecule has 25 heavy (non-hydrogen) atoms. The number of morpholine rings is 1. The van der Waals surface area contributed by atoms with Gasteiger partial charge in [-0.3, -0.25) is 4.90 Å². The first-order valence-electron chi connectivity index (χ1n) is 7.86. The molecule has 3 aromatic rings. The summed E-state index contributed by atoms with van der Waals surface area (Å²) in [5.41, 5.74) is 0.534. The largest absolute Gasteiger partial charge is 0.379 e. The highest BCUT2D eigenvalue weighted by molar-refractivity contribution is 9.10. The molecule has 8 heteroatoms. The van der Waals surface area contributed by atoms with E-state index in [1.807, 2.05) is 17.5 Å². The fourth-order valence-corrected chi connectivity index (χ4v) is 4.25. The molecule has 0 N–H and O–H groups in total. The summed E-state index contributed by atoms with van der Waals surface area (Å²) in [7, 11) is 0. The normalized spacial score (nSPS) is 16.9. The number of thiophene rings is 1. The molecule has 1 aliphatic heterocycles. The van der Waals surface area contributed by atoms with Gasteiger partial charge in [0, 0.05) is 28.5 Å². The van der Waals surface area contributed by atoms with Crippen LogP contribution in [0, 0.1) is 5.82 Å². The molecular formula is C17H15BrFN3O2S. The number of aromatic nitrogens is 2. The molecule has 0 radical (unpaired) electrons. The molecule has 2 aromatic heterocycles. The second-order valence-corrected chi connectivity index (χ2v) is 7.48. The van der Waals surface area contributed by atoms with Gasteiger partial charge in [0.15, 0.2) is 0 Å². The van der Waals surface area contributed by atoms with Gasteiger partial charge in [-0.15, -0.1) is 11.3 Å². The van der Waals surface area contributed by atoms with Gasteiger partial charge >= 0.3 is 0 Å². The minimum atomic E-state index is -0.422. The first-order valence-corrected chi connectivity index (χ1v) is 9.54. The van der Waals surface area contributed by atoms with Gasteiger partial charge in [-0.05, 0) is 28.1 Å². The van der Waals surface area contributed by atoms with Crippen molar-refractivity contribution < 1.29 is 13.7 Å². The van der Waals surface area contributed by atoms with Gasteiger partial charge in [0.2, 0.25) is 11.7 Å². The van der Waals surface area contributed by atoms with Crippen LogP contribution >= 0.6 is 27.3 Å². The molecule has 0 spiro atoms. The number of hydrogen-bond donors (Lipinski definition) is 0. The molecule has 3 heterocycles. The molecule has 0 unspecified atom stereocenters. The number of rotatable bonds is 4. The maximum Gasteiger partial charge on any atom is 0.249 e. The molecule has 1 fully saturated rings. The Bertz CT molecular complexity index is 863. The summed E-state index contributed by atoms with van der Waals surface area (Å²) in [5.74, 6) is 0.629. The zero-order valence-corrected chi connectivity index (χ0v) is 15.6. The van der Waals surface area contributed by atoms with Gasteiger partial charge < -0.3 is 9.26 Å². The van der Waals surface area contributed by atoms with Crippen LogP contribution in [-0.4, -0.2) is 41.3 Å². The van der Waals surface area contributed by atoms with Crippen molar-refractivity contribution in [1.29, 1.82) is 0 Å². The summed E-state index contributed by atoms with van der Waals surface area (Å²) in [6.07, 6.45) is 0. The predicted molar refractivity (Wildman–Crippen MR) is 95.9 cm³/mol. The minimum absolute atomic E-state index is 0.280. The summed E-state index contributed by atoms with van der Waals surface area (Å²) in [4.78, 5) is 7.56. The summed E-state index contributed by atoms with van der Waals surface area (Å²) in [5, 5.41) is 6.05. The van der Waals surface area contributed by atoms with Crippen LogP contribution < -0.4 is 0 Å². The lowest BCUT2D eigenvalue weighted by atomic mass is 10.0. The maximum absolute atomic E-state index is 14.5. The Labute approximate surface area is 156 Å². The van der Waals surface area contributed by atoms with E-state index in [0.717, 1.165) is 9.35 Å². The average molecular weight is 424 g/mol. The molecule has 4 rings (SSSR count). The summed E-state index contributed by atoms with van der Waals surface area (Å²) < 4.78 is 26.4. The molecule has 1 saturated heterocycles. The third-order valence-corrected chi connectivity index (χ3v) is 5.76. The summed E-state index contributed by atoms with van der Waals surface area (Å²) in [6, 6.07) is 8.23. The van der Waals surface area contributed by atoms with Gasteiger partial charge in [-0.2, -0.15) is 4.98 Å². The lowest BCUT2D eigenvalue weighted by Gasteiger charge is -2.32. The van der Waals surface area contributed by atoms with Crippen LogP contribution in [0.25, 0.3) is 10.7 Å². The lowest BCUT2D eigenvalue weighted by molar-refractivity contribution is 0.0174. The summed E-state index contributed by atoms with van der Waals surface area (Å²) in [6.45, 7) is 2.57. The quantitative estimate of drug-likeness (QED) is 0.631. The third kappa shape index (κ3) is 3.52. The van der Waals surface area contributed by atoms with Gasteiger partial charge in [0.1, 0.15) is 11.9 Å². The Morgan fingerprint density at radius 1 is 1.24 bits per heavy atom. The Kier molecular flexibility index (Phi) is 4.93. The number of hydrogen-bond acceptors (Lipinski definition) is 6. The molecule has 5 nitrogen and oxygen atoms in total. The van der Waals surface area contributed by atoms with Gasteiger partial charge in [-0.25, -0.2) is 4.39 Å². The van der Waals surface area contributed by atoms with Crippen LogP contribution in [-0.2, 0) is 4.74 Å². The molecule has 0 aliphatic carbocycles. The number of halogens is 2. The molecule has 0 saturated carbocycles. The second kappa shape index (κ2) is 7.33. The van der Waals surface area contributed by atoms with Crippen LogP contribution in [0.2, 0.25) is 0 Å². The van der Waals surface area contributed by atoms with E-state index in [-0.39, 0.29) is 5.82 Å². The van der Waals surface area contributed by atoms with Gasteiger partial charge in [-0.1, -0.05) is 23.4 Å². The van der Waals surface area contributed by atoms with E-state index >= 15 is 0 Å². The van der Waals surface area contributed by atoms with Gasteiger partial charge in [0.05, 0.1) is 18.1 Å². The van der Waals surface area contributed by atoms with E-state index in [1.54, 1.807) is 12.1 Å². The summed E-state index contributed by atoms with van der Waals surface area (Å²) >= 11 is 4.95. The zero-order valence-electron chi connectivity index (χ0n) is 13.2. The number of benzene rings is 1. The van der Waals surface area contributed by atoms with E-state index < -0.39 is 6.04 Å². The Morgan fingerprint density at radius 3 is 2.76 bits per heavy atom. The maximum atomic E-state index is 14.5. The van der Waals surface area contributed by atoms with E-state index in [9.17, 15) is 4.39 Å². The highest BCUT2D eigenvalue weighted by Crippen LogP contribution is 2.33. The third-order valence-electron chi connectivity index (χ3n) is 4.07. The minimum Gasteiger partial charge on any atom is -0.379 e. The highest BCUT2D eigenvalue weighted by Gasteiger charge is 2.31. The topological polar surface area (TPSA) is 51.4 Å². The smallest absolute Gasteiger partial charge is 0.249 e. The van der Waals surface area contributed by atoms with Crippen molar-refractivity contribution in [2.24, 2.45) is 0 Å². The molecule has 130 valence electrons. The molecule has 1 aliphatic rings. The monoisotopic (exact) mass is 423 g/mol. The van der Waals surface area contributed by atoms with E-state index in [0.29, 0.717) is 43.6 Å². The average Bonchev–Trinajstić information content (AvgIpc) is 3.27. The Balaban J connectivity index is 1.73.